The van der Waals surface area contributed by atoms with Crippen molar-refractivity contribution >= 4 is 6.21 Å². The summed E-state index contributed by atoms with van der Waals surface area (Å²) in [6, 6.07) is 0. The first kappa shape index (κ1) is 6.49. The van der Waals surface area contributed by atoms with Gasteiger partial charge in [-0.1, -0.05) is 6.08 Å². The van der Waals surface area contributed by atoms with Gasteiger partial charge in [0.1, 0.15) is 0 Å². The van der Waals surface area contributed by atoms with Gasteiger partial charge in [-0.2, -0.15) is 0 Å². The third kappa shape index (κ3) is 1.98. The van der Waals surface area contributed by atoms with Gasteiger partial charge in [0.25, 0.3) is 0 Å². The van der Waals surface area contributed by atoms with Gasteiger partial charge in [0, 0.05) is 24.9 Å². The number of nitrogens with zero attached hydrogens (tertiary/aromatic N) is 1. The van der Waals surface area contributed by atoms with Crippen molar-refractivity contribution in [2.24, 2.45) is 4.99 Å². The van der Waals surface area contributed by atoms with Crippen LogP contribution in [0.5, 0.6) is 0 Å². The number of aliphatic imine (C=N–C) groups is 1. The first-order chi connectivity index (χ1) is 4.43. The van der Waals surface area contributed by atoms with Crippen LogP contribution in [-0.2, 0) is 0 Å². The number of aliphatic hydroxyl groups is 1. The van der Waals surface area contributed by atoms with Gasteiger partial charge in [0.2, 0.25) is 0 Å². The van der Waals surface area contributed by atoms with E-state index in [9.17, 15) is 0 Å². The molecule has 0 aromatic rings. The van der Waals surface area contributed by atoms with Crippen LogP contribution in [0.1, 0.15) is 19.3 Å². The van der Waals surface area contributed by atoms with Crippen molar-refractivity contribution in [1.82, 2.24) is 0 Å². The van der Waals surface area contributed by atoms with Gasteiger partial charge in [0.05, 0.1) is 0 Å². The molecule has 0 aliphatic carbocycles. The smallest absolute Gasteiger partial charge is 0.0486 e. The SMILES string of the molecule is OCCC1=CCCC=N1. The number of rotatable bonds is 2. The zero-order chi connectivity index (χ0) is 6.53. The van der Waals surface area contributed by atoms with Crippen LogP contribution in [-0.4, -0.2) is 17.9 Å². The van der Waals surface area contributed by atoms with Crippen LogP contribution in [0.15, 0.2) is 16.8 Å². The molecule has 0 bridgehead atoms. The molecule has 0 aromatic heterocycles. The predicted molar refractivity (Wildman–Crippen MR) is 37.5 cm³/mol. The third-order valence-corrected chi connectivity index (χ3v) is 1.30. The summed E-state index contributed by atoms with van der Waals surface area (Å²) in [4.78, 5) is 4.10. The van der Waals surface area contributed by atoms with E-state index in [-0.39, 0.29) is 6.61 Å². The molecular formula is C7H11NO. The van der Waals surface area contributed by atoms with Gasteiger partial charge in [-0.25, -0.2) is 0 Å². The molecule has 0 saturated carbocycles. The van der Waals surface area contributed by atoms with Crippen LogP contribution in [0, 0.1) is 0 Å². The van der Waals surface area contributed by atoms with E-state index in [0.29, 0.717) is 6.42 Å². The molecule has 2 heteroatoms. The second-order valence-corrected chi connectivity index (χ2v) is 2.06. The van der Waals surface area contributed by atoms with Crippen LogP contribution < -0.4 is 0 Å². The highest BCUT2D eigenvalue weighted by atomic mass is 16.3. The Morgan fingerprint density at radius 3 is 3.00 bits per heavy atom. The molecule has 1 N–H and O–H groups in total. The molecule has 0 saturated heterocycles. The summed E-state index contributed by atoms with van der Waals surface area (Å²) in [6.07, 6.45) is 6.82. The number of aliphatic hydroxyl groups excluding tert-OH is 1. The van der Waals surface area contributed by atoms with Crippen LogP contribution in [0.3, 0.4) is 0 Å². The van der Waals surface area contributed by atoms with Gasteiger partial charge < -0.3 is 5.11 Å². The Labute approximate surface area is 54.9 Å². The van der Waals surface area contributed by atoms with Crippen molar-refractivity contribution in [2.75, 3.05) is 6.61 Å². The molecule has 0 radical (unpaired) electrons. The maximum absolute atomic E-state index is 8.50. The fourth-order valence-corrected chi connectivity index (χ4v) is 0.840. The van der Waals surface area contributed by atoms with Crippen molar-refractivity contribution in [3.8, 4) is 0 Å². The van der Waals surface area contributed by atoms with Crippen LogP contribution in [0.25, 0.3) is 0 Å². The minimum Gasteiger partial charge on any atom is -0.396 e. The monoisotopic (exact) mass is 125 g/mol. The molecule has 0 fully saturated rings. The molecule has 50 valence electrons. The highest BCUT2D eigenvalue weighted by Gasteiger charge is 1.95. The topological polar surface area (TPSA) is 32.6 Å². The Hall–Kier alpha value is -0.630. The van der Waals surface area contributed by atoms with E-state index in [4.69, 9.17) is 5.11 Å². The zero-order valence-electron chi connectivity index (χ0n) is 5.38. The molecule has 0 atom stereocenters. The number of hydrogen-bond acceptors (Lipinski definition) is 2. The lowest BCUT2D eigenvalue weighted by molar-refractivity contribution is 0.298. The number of allylic oxidation sites excluding steroid dienone is 1. The van der Waals surface area contributed by atoms with Gasteiger partial charge in [-0.15, -0.1) is 0 Å². The molecule has 0 spiro atoms. The Balaban J connectivity index is 2.38. The quantitative estimate of drug-likeness (QED) is 0.589. The summed E-state index contributed by atoms with van der Waals surface area (Å²) >= 11 is 0. The highest BCUT2D eigenvalue weighted by Crippen LogP contribution is 2.08. The van der Waals surface area contributed by atoms with Crippen molar-refractivity contribution < 1.29 is 5.11 Å². The molecular weight excluding hydrogens is 114 g/mol. The van der Waals surface area contributed by atoms with Crippen LogP contribution >= 0.6 is 0 Å². The number of hydrogen-bond donors (Lipinski definition) is 1. The average molecular weight is 125 g/mol. The van der Waals surface area contributed by atoms with E-state index in [1.54, 1.807) is 0 Å². The van der Waals surface area contributed by atoms with Crippen molar-refractivity contribution in [3.63, 3.8) is 0 Å². The molecule has 1 aliphatic rings. The van der Waals surface area contributed by atoms with Gasteiger partial charge >= 0.3 is 0 Å². The normalized spacial score (nSPS) is 17.7. The van der Waals surface area contributed by atoms with Gasteiger partial charge in [0.15, 0.2) is 0 Å². The van der Waals surface area contributed by atoms with Crippen molar-refractivity contribution in [3.05, 3.63) is 11.8 Å². The Morgan fingerprint density at radius 1 is 1.56 bits per heavy atom. The lowest BCUT2D eigenvalue weighted by atomic mass is 10.2. The van der Waals surface area contributed by atoms with Crippen LogP contribution in [0.4, 0.5) is 0 Å². The average Bonchev–Trinajstić information content (AvgIpc) is 1.91. The second kappa shape index (κ2) is 3.41. The summed E-state index contributed by atoms with van der Waals surface area (Å²) in [5, 5.41) is 8.50. The maximum atomic E-state index is 8.50. The lowest BCUT2D eigenvalue weighted by Gasteiger charge is -2.02. The Morgan fingerprint density at radius 2 is 2.44 bits per heavy atom. The van der Waals surface area contributed by atoms with Gasteiger partial charge in [-0.05, 0) is 12.8 Å². The molecule has 2 nitrogen and oxygen atoms in total. The highest BCUT2D eigenvalue weighted by molar-refractivity contribution is 5.60. The molecule has 1 aliphatic heterocycles. The van der Waals surface area contributed by atoms with E-state index in [0.717, 1.165) is 18.5 Å². The van der Waals surface area contributed by atoms with E-state index in [2.05, 4.69) is 11.1 Å². The van der Waals surface area contributed by atoms with E-state index >= 15 is 0 Å². The molecule has 0 unspecified atom stereocenters. The van der Waals surface area contributed by atoms with Crippen LogP contribution in [0.2, 0.25) is 0 Å². The second-order valence-electron chi connectivity index (χ2n) is 2.06. The summed E-state index contributed by atoms with van der Waals surface area (Å²) in [7, 11) is 0. The standard InChI is InChI=1S/C7H11NO/c9-6-4-7-3-1-2-5-8-7/h3,5,9H,1-2,4,6H2. The zero-order valence-corrected chi connectivity index (χ0v) is 5.38. The van der Waals surface area contributed by atoms with Gasteiger partial charge in [-0.3, -0.25) is 4.99 Å². The predicted octanol–water partition coefficient (Wildman–Crippen LogP) is 1.12. The molecule has 9 heavy (non-hydrogen) atoms. The molecule has 1 heterocycles. The maximum Gasteiger partial charge on any atom is 0.0486 e. The first-order valence-electron chi connectivity index (χ1n) is 3.26. The summed E-state index contributed by atoms with van der Waals surface area (Å²) in [5.41, 5.74) is 1.03. The minimum atomic E-state index is 0.211. The van der Waals surface area contributed by atoms with E-state index in [1.807, 2.05) is 6.21 Å². The van der Waals surface area contributed by atoms with E-state index in [1.165, 1.54) is 0 Å². The fraction of sp³-hybridized carbons (Fsp3) is 0.571. The molecule has 0 aromatic carbocycles. The van der Waals surface area contributed by atoms with E-state index < -0.39 is 0 Å². The minimum absolute atomic E-state index is 0.211. The Kier molecular flexibility index (Phi) is 2.46. The van der Waals surface area contributed by atoms with Crippen molar-refractivity contribution in [1.29, 1.82) is 0 Å². The third-order valence-electron chi connectivity index (χ3n) is 1.30. The lowest BCUT2D eigenvalue weighted by Crippen LogP contribution is -1.91. The molecule has 0 amide bonds. The summed E-state index contributed by atoms with van der Waals surface area (Å²) < 4.78 is 0. The Bertz CT molecular complexity index is 138. The largest absolute Gasteiger partial charge is 0.396 e. The van der Waals surface area contributed by atoms with Crippen molar-refractivity contribution in [2.45, 2.75) is 19.3 Å². The molecule has 1 rings (SSSR count). The fourth-order valence-electron chi connectivity index (χ4n) is 0.840. The summed E-state index contributed by atoms with van der Waals surface area (Å²) in [5.74, 6) is 0. The summed E-state index contributed by atoms with van der Waals surface area (Å²) in [6.45, 7) is 0.211. The first-order valence-corrected chi connectivity index (χ1v) is 3.26.